The molecule has 1 aromatic carbocycles. The Labute approximate surface area is 146 Å². The van der Waals surface area contributed by atoms with E-state index in [2.05, 4.69) is 10.6 Å². The van der Waals surface area contributed by atoms with Crippen LogP contribution in [0.1, 0.15) is 32.4 Å². The zero-order valence-electron chi connectivity index (χ0n) is 13.8. The van der Waals surface area contributed by atoms with Crippen LogP contribution in [0.5, 0.6) is 0 Å². The Kier molecular flexibility index (Phi) is 8.94. The van der Waals surface area contributed by atoms with Crippen molar-refractivity contribution in [3.05, 3.63) is 39.9 Å². The average Bonchev–Trinajstić information content (AvgIpc) is 2.51. The van der Waals surface area contributed by atoms with Gasteiger partial charge in [0.1, 0.15) is 0 Å². The molecule has 0 fully saturated rings. The average molecular weight is 359 g/mol. The van der Waals surface area contributed by atoms with Gasteiger partial charge in [0.15, 0.2) is 0 Å². The third-order valence-electron chi connectivity index (χ3n) is 3.40. The van der Waals surface area contributed by atoms with Crippen molar-refractivity contribution in [1.82, 2.24) is 10.6 Å². The van der Waals surface area contributed by atoms with Crippen LogP contribution in [0.25, 0.3) is 0 Å². The fraction of sp³-hybridized carbons (Fsp3) is 0.467. The number of nitrogens with zero attached hydrogens (tertiary/aromatic N) is 1. The number of nitrogens with one attached hydrogen (secondary N) is 2. The summed E-state index contributed by atoms with van der Waals surface area (Å²) < 4.78 is 0. The first-order valence-corrected chi connectivity index (χ1v) is 7.29. The number of amides is 2. The van der Waals surface area contributed by atoms with E-state index in [0.29, 0.717) is 5.56 Å². The number of rotatable bonds is 7. The van der Waals surface area contributed by atoms with Gasteiger partial charge in [0.25, 0.3) is 5.69 Å². The lowest BCUT2D eigenvalue weighted by atomic mass is 10.1. The number of nitrogens with two attached hydrogens (primary N) is 1. The molecule has 0 radical (unpaired) electrons. The van der Waals surface area contributed by atoms with Gasteiger partial charge in [-0.25, -0.2) is 0 Å². The lowest BCUT2D eigenvalue weighted by molar-refractivity contribution is -0.384. The van der Waals surface area contributed by atoms with Crippen molar-refractivity contribution < 1.29 is 14.5 Å². The van der Waals surface area contributed by atoms with Crippen molar-refractivity contribution in [2.45, 2.75) is 32.9 Å². The molecule has 0 heterocycles. The third kappa shape index (κ3) is 6.51. The molecule has 0 spiro atoms. The highest BCUT2D eigenvalue weighted by molar-refractivity contribution is 5.87. The molecular weight excluding hydrogens is 336 g/mol. The van der Waals surface area contributed by atoms with E-state index in [1.807, 2.05) is 13.8 Å². The molecule has 8 nitrogen and oxygen atoms in total. The first-order chi connectivity index (χ1) is 10.7. The minimum Gasteiger partial charge on any atom is -0.348 e. The van der Waals surface area contributed by atoms with Gasteiger partial charge in [-0.3, -0.25) is 19.7 Å². The van der Waals surface area contributed by atoms with E-state index < -0.39 is 28.8 Å². The lowest BCUT2D eigenvalue weighted by Crippen LogP contribution is -2.47. The van der Waals surface area contributed by atoms with E-state index in [4.69, 9.17) is 5.73 Å². The second-order valence-electron chi connectivity index (χ2n) is 5.63. The topological polar surface area (TPSA) is 127 Å². The molecule has 2 atom stereocenters. The van der Waals surface area contributed by atoms with Crippen LogP contribution in [0.3, 0.4) is 0 Å². The molecule has 1 unspecified atom stereocenters. The number of nitro groups is 1. The van der Waals surface area contributed by atoms with Gasteiger partial charge >= 0.3 is 0 Å². The van der Waals surface area contributed by atoms with E-state index in [1.54, 1.807) is 19.1 Å². The fourth-order valence-corrected chi connectivity index (χ4v) is 1.87. The Balaban J connectivity index is 0.00000529. The number of halogens is 1. The summed E-state index contributed by atoms with van der Waals surface area (Å²) in [4.78, 5) is 33.8. The first-order valence-electron chi connectivity index (χ1n) is 7.29. The Morgan fingerprint density at radius 3 is 2.46 bits per heavy atom. The summed E-state index contributed by atoms with van der Waals surface area (Å²) in [6, 6.07) is 4.93. The predicted octanol–water partition coefficient (Wildman–Crippen LogP) is 1.29. The normalized spacial score (nSPS) is 12.7. The number of hydrogen-bond donors (Lipinski definition) is 3. The fourth-order valence-electron chi connectivity index (χ4n) is 1.87. The molecule has 134 valence electrons. The van der Waals surface area contributed by atoms with Crippen LogP contribution in [0.15, 0.2) is 24.3 Å². The molecule has 1 rings (SSSR count). The summed E-state index contributed by atoms with van der Waals surface area (Å²) in [6.45, 7) is 5.14. The molecule has 0 bridgehead atoms. The summed E-state index contributed by atoms with van der Waals surface area (Å²) in [5.41, 5.74) is 6.24. The van der Waals surface area contributed by atoms with Crippen LogP contribution in [-0.4, -0.2) is 29.3 Å². The monoisotopic (exact) mass is 358 g/mol. The zero-order chi connectivity index (χ0) is 17.6. The zero-order valence-corrected chi connectivity index (χ0v) is 14.6. The Morgan fingerprint density at radius 2 is 1.92 bits per heavy atom. The maximum absolute atomic E-state index is 11.8. The van der Waals surface area contributed by atoms with Gasteiger partial charge in [-0.1, -0.05) is 26.0 Å². The van der Waals surface area contributed by atoms with E-state index in [0.717, 1.165) is 0 Å². The number of carbonyl (C=O) groups is 2. The Hall–Kier alpha value is -2.19. The summed E-state index contributed by atoms with van der Waals surface area (Å²) in [5, 5.41) is 15.9. The van der Waals surface area contributed by atoms with Gasteiger partial charge in [0.2, 0.25) is 11.8 Å². The van der Waals surface area contributed by atoms with Crippen molar-refractivity contribution >= 4 is 29.9 Å². The maximum atomic E-state index is 11.8. The number of nitro benzene ring substituents is 1. The third-order valence-corrected chi connectivity index (χ3v) is 3.40. The van der Waals surface area contributed by atoms with Crippen LogP contribution in [0, 0.1) is 16.0 Å². The molecule has 0 aliphatic carbocycles. The first kappa shape index (κ1) is 21.8. The standard InChI is InChI=1S/C15H22N4O4.ClH/c1-9(2)14(16)15(21)17-8-13(20)18-10(3)11-5-4-6-12(7-11)19(22)23;/h4-7,9-10,14H,8,16H2,1-3H3,(H,17,21)(H,18,20);1H/t10?,14-;/m0./s1. The number of carbonyl (C=O) groups excluding carboxylic acids is 2. The minimum absolute atomic E-state index is 0. The highest BCUT2D eigenvalue weighted by Gasteiger charge is 2.18. The number of hydrogen-bond acceptors (Lipinski definition) is 5. The summed E-state index contributed by atoms with van der Waals surface area (Å²) in [5.74, 6) is -0.812. The second-order valence-corrected chi connectivity index (χ2v) is 5.63. The van der Waals surface area contributed by atoms with Crippen molar-refractivity contribution in [3.63, 3.8) is 0 Å². The molecule has 4 N–H and O–H groups in total. The maximum Gasteiger partial charge on any atom is 0.269 e. The highest BCUT2D eigenvalue weighted by atomic mass is 35.5. The molecule has 0 saturated carbocycles. The van der Waals surface area contributed by atoms with E-state index in [1.165, 1.54) is 12.1 Å². The largest absolute Gasteiger partial charge is 0.348 e. The smallest absolute Gasteiger partial charge is 0.269 e. The molecular formula is C15H23ClN4O4. The summed E-state index contributed by atoms with van der Waals surface area (Å²) >= 11 is 0. The highest BCUT2D eigenvalue weighted by Crippen LogP contribution is 2.18. The van der Waals surface area contributed by atoms with Crippen LogP contribution in [0.4, 0.5) is 5.69 Å². The quantitative estimate of drug-likeness (QED) is 0.500. The van der Waals surface area contributed by atoms with Crippen molar-refractivity contribution in [3.8, 4) is 0 Å². The van der Waals surface area contributed by atoms with Gasteiger partial charge in [-0.2, -0.15) is 0 Å². The number of benzene rings is 1. The van der Waals surface area contributed by atoms with Gasteiger partial charge < -0.3 is 16.4 Å². The lowest BCUT2D eigenvalue weighted by Gasteiger charge is -2.17. The Morgan fingerprint density at radius 1 is 1.29 bits per heavy atom. The molecule has 0 aliphatic rings. The Bertz CT molecular complexity index is 595. The van der Waals surface area contributed by atoms with E-state index in [-0.39, 0.29) is 30.6 Å². The van der Waals surface area contributed by atoms with E-state index in [9.17, 15) is 19.7 Å². The van der Waals surface area contributed by atoms with Gasteiger partial charge in [-0.05, 0) is 18.4 Å². The van der Waals surface area contributed by atoms with Crippen LogP contribution in [-0.2, 0) is 9.59 Å². The van der Waals surface area contributed by atoms with Crippen LogP contribution < -0.4 is 16.4 Å². The number of non-ortho nitro benzene ring substituents is 1. The minimum atomic E-state index is -0.669. The summed E-state index contributed by atoms with van der Waals surface area (Å²) in [7, 11) is 0. The van der Waals surface area contributed by atoms with Crippen LogP contribution >= 0.6 is 12.4 Å². The van der Waals surface area contributed by atoms with Crippen LogP contribution in [0.2, 0.25) is 0 Å². The molecule has 24 heavy (non-hydrogen) atoms. The molecule has 2 amide bonds. The van der Waals surface area contributed by atoms with E-state index >= 15 is 0 Å². The molecule has 9 heteroatoms. The molecule has 1 aromatic rings. The molecule has 0 saturated heterocycles. The molecule has 0 aromatic heterocycles. The molecule has 0 aliphatic heterocycles. The van der Waals surface area contributed by atoms with Gasteiger partial charge in [0, 0.05) is 12.1 Å². The van der Waals surface area contributed by atoms with Crippen molar-refractivity contribution in [2.75, 3.05) is 6.54 Å². The second kappa shape index (κ2) is 9.84. The predicted molar refractivity (Wildman–Crippen MR) is 92.7 cm³/mol. The summed E-state index contributed by atoms with van der Waals surface area (Å²) in [6.07, 6.45) is 0. The van der Waals surface area contributed by atoms with Crippen molar-refractivity contribution in [2.24, 2.45) is 11.7 Å². The van der Waals surface area contributed by atoms with Gasteiger partial charge in [-0.15, -0.1) is 12.4 Å². The SMILES string of the molecule is CC(NC(=O)CNC(=O)[C@@H](N)C(C)C)c1cccc([N+](=O)[O-])c1.Cl. The van der Waals surface area contributed by atoms with Gasteiger partial charge in [0.05, 0.1) is 23.6 Å². The van der Waals surface area contributed by atoms with Crippen molar-refractivity contribution in [1.29, 1.82) is 0 Å².